The summed E-state index contributed by atoms with van der Waals surface area (Å²) in [6, 6.07) is 16.6. The van der Waals surface area contributed by atoms with E-state index in [1.54, 1.807) is 0 Å². The number of halogens is 1. The summed E-state index contributed by atoms with van der Waals surface area (Å²) in [5, 5.41) is 7.44. The molecule has 1 aliphatic heterocycles. The van der Waals surface area contributed by atoms with Gasteiger partial charge in [-0.25, -0.2) is 0 Å². The molecule has 2 N–H and O–H groups in total. The van der Waals surface area contributed by atoms with Crippen LogP contribution in [0.25, 0.3) is 0 Å². The largest absolute Gasteiger partial charge is 0.325 e. The number of hydrazone groups is 1. The van der Waals surface area contributed by atoms with E-state index >= 15 is 0 Å². The Bertz CT molecular complexity index is 647. The van der Waals surface area contributed by atoms with Gasteiger partial charge in [-0.1, -0.05) is 41.4 Å². The second-order valence-electron chi connectivity index (χ2n) is 5.32. The summed E-state index contributed by atoms with van der Waals surface area (Å²) >= 11 is 5.97. The van der Waals surface area contributed by atoms with Crippen LogP contribution in [0.2, 0.25) is 5.02 Å². The summed E-state index contributed by atoms with van der Waals surface area (Å²) in [7, 11) is 0. The van der Waals surface area contributed by atoms with Gasteiger partial charge in [-0.15, -0.1) is 0 Å². The number of nitrogens with two attached hydrogens (primary N) is 1. The lowest BCUT2D eigenvalue weighted by Gasteiger charge is -2.24. The number of nitrogens with zero attached hydrogens (tertiary/aromatic N) is 2. The summed E-state index contributed by atoms with van der Waals surface area (Å²) in [6.45, 7) is 2.59. The van der Waals surface area contributed by atoms with Gasteiger partial charge in [-0.3, -0.25) is 5.01 Å². The van der Waals surface area contributed by atoms with Gasteiger partial charge in [0.2, 0.25) is 0 Å². The van der Waals surface area contributed by atoms with E-state index in [4.69, 9.17) is 17.3 Å². The number of rotatable bonds is 3. The standard InChI is InChI=1S/C17H18ClN3/c1-12-2-4-13(5-3-12)17-10-15(11-19)20-21(17)16-8-6-14(18)7-9-16/h2-9,17H,10-11,19H2,1H3. The van der Waals surface area contributed by atoms with Crippen LogP contribution in [0, 0.1) is 6.92 Å². The van der Waals surface area contributed by atoms with Gasteiger partial charge in [-0.2, -0.15) is 5.10 Å². The SMILES string of the molecule is Cc1ccc(C2CC(CN)=NN2c2ccc(Cl)cc2)cc1. The molecule has 0 aliphatic carbocycles. The highest BCUT2D eigenvalue weighted by molar-refractivity contribution is 6.30. The van der Waals surface area contributed by atoms with Crippen molar-refractivity contribution in [1.82, 2.24) is 0 Å². The fourth-order valence-electron chi connectivity index (χ4n) is 2.58. The van der Waals surface area contributed by atoms with Gasteiger partial charge in [-0.05, 0) is 36.8 Å². The maximum Gasteiger partial charge on any atom is 0.0828 e. The lowest BCUT2D eigenvalue weighted by molar-refractivity contribution is 0.708. The fraction of sp³-hybridized carbons (Fsp3) is 0.235. The third kappa shape index (κ3) is 2.94. The van der Waals surface area contributed by atoms with Gasteiger partial charge in [0.25, 0.3) is 0 Å². The van der Waals surface area contributed by atoms with Crippen molar-refractivity contribution < 1.29 is 0 Å². The predicted molar refractivity (Wildman–Crippen MR) is 89.0 cm³/mol. The van der Waals surface area contributed by atoms with Crippen molar-refractivity contribution in [3.63, 3.8) is 0 Å². The molecule has 0 saturated carbocycles. The second-order valence-corrected chi connectivity index (χ2v) is 5.76. The molecule has 1 unspecified atom stereocenters. The molecule has 0 spiro atoms. The zero-order chi connectivity index (χ0) is 14.8. The van der Waals surface area contributed by atoms with Crippen LogP contribution < -0.4 is 10.7 Å². The number of benzene rings is 2. The topological polar surface area (TPSA) is 41.6 Å². The van der Waals surface area contributed by atoms with Gasteiger partial charge in [0.05, 0.1) is 17.4 Å². The fourth-order valence-corrected chi connectivity index (χ4v) is 2.70. The Labute approximate surface area is 130 Å². The monoisotopic (exact) mass is 299 g/mol. The first kappa shape index (κ1) is 14.1. The van der Waals surface area contributed by atoms with E-state index in [0.717, 1.165) is 22.8 Å². The molecule has 0 bridgehead atoms. The molecule has 3 nitrogen and oxygen atoms in total. The van der Waals surface area contributed by atoms with E-state index in [-0.39, 0.29) is 6.04 Å². The van der Waals surface area contributed by atoms with E-state index in [1.807, 2.05) is 29.3 Å². The van der Waals surface area contributed by atoms with Crippen molar-refractivity contribution in [3.8, 4) is 0 Å². The lowest BCUT2D eigenvalue weighted by atomic mass is 10.0. The molecule has 1 atom stereocenters. The molecule has 2 aromatic carbocycles. The molecule has 3 rings (SSSR count). The highest BCUT2D eigenvalue weighted by atomic mass is 35.5. The van der Waals surface area contributed by atoms with Crippen LogP contribution >= 0.6 is 11.6 Å². The number of hydrogen-bond donors (Lipinski definition) is 1. The van der Waals surface area contributed by atoms with Crippen LogP contribution in [0.4, 0.5) is 5.69 Å². The Morgan fingerprint density at radius 3 is 2.43 bits per heavy atom. The quantitative estimate of drug-likeness (QED) is 0.933. The van der Waals surface area contributed by atoms with E-state index in [2.05, 4.69) is 36.3 Å². The number of aryl methyl sites for hydroxylation is 1. The first-order valence-electron chi connectivity index (χ1n) is 7.05. The Balaban J connectivity index is 1.95. The minimum absolute atomic E-state index is 0.199. The third-order valence-electron chi connectivity index (χ3n) is 3.76. The molecular weight excluding hydrogens is 282 g/mol. The summed E-state index contributed by atoms with van der Waals surface area (Å²) in [6.07, 6.45) is 0.863. The Kier molecular flexibility index (Phi) is 3.95. The number of hydrogen-bond acceptors (Lipinski definition) is 3. The lowest BCUT2D eigenvalue weighted by Crippen LogP contribution is -2.18. The average molecular weight is 300 g/mol. The maximum absolute atomic E-state index is 5.97. The van der Waals surface area contributed by atoms with Crippen molar-refractivity contribution in [3.05, 3.63) is 64.7 Å². The average Bonchev–Trinajstić information content (AvgIpc) is 2.93. The molecule has 2 aromatic rings. The smallest absolute Gasteiger partial charge is 0.0828 e. The zero-order valence-corrected chi connectivity index (χ0v) is 12.7. The van der Waals surface area contributed by atoms with Gasteiger partial charge >= 0.3 is 0 Å². The van der Waals surface area contributed by atoms with Crippen molar-refractivity contribution >= 4 is 23.0 Å². The van der Waals surface area contributed by atoms with Gasteiger partial charge < -0.3 is 5.73 Å². The van der Waals surface area contributed by atoms with E-state index < -0.39 is 0 Å². The van der Waals surface area contributed by atoms with Crippen LogP contribution in [0.5, 0.6) is 0 Å². The van der Waals surface area contributed by atoms with Crippen molar-refractivity contribution in [2.24, 2.45) is 10.8 Å². The molecule has 108 valence electrons. The van der Waals surface area contributed by atoms with E-state index in [9.17, 15) is 0 Å². The minimum Gasteiger partial charge on any atom is -0.325 e. The van der Waals surface area contributed by atoms with Crippen molar-refractivity contribution in [1.29, 1.82) is 0 Å². The highest BCUT2D eigenvalue weighted by Gasteiger charge is 2.28. The van der Waals surface area contributed by atoms with Crippen LogP contribution in [-0.2, 0) is 0 Å². The van der Waals surface area contributed by atoms with E-state index in [1.165, 1.54) is 11.1 Å². The molecule has 1 aliphatic rings. The number of anilines is 1. The molecule has 1 heterocycles. The zero-order valence-electron chi connectivity index (χ0n) is 12.0. The molecule has 0 amide bonds. The molecule has 0 saturated heterocycles. The summed E-state index contributed by atoms with van der Waals surface area (Å²) in [5.74, 6) is 0. The predicted octanol–water partition coefficient (Wildman–Crippen LogP) is 3.91. The Morgan fingerprint density at radius 2 is 1.81 bits per heavy atom. The molecule has 0 aromatic heterocycles. The third-order valence-corrected chi connectivity index (χ3v) is 4.01. The van der Waals surface area contributed by atoms with Crippen LogP contribution in [0.15, 0.2) is 53.6 Å². The van der Waals surface area contributed by atoms with Gasteiger partial charge in [0, 0.05) is 18.0 Å². The molecule has 0 fully saturated rings. The highest BCUT2D eigenvalue weighted by Crippen LogP contribution is 2.35. The van der Waals surface area contributed by atoms with E-state index in [0.29, 0.717) is 6.54 Å². The van der Waals surface area contributed by atoms with Crippen LogP contribution in [0.3, 0.4) is 0 Å². The van der Waals surface area contributed by atoms with Crippen LogP contribution in [-0.4, -0.2) is 12.3 Å². The first-order valence-corrected chi connectivity index (χ1v) is 7.43. The second kappa shape index (κ2) is 5.88. The first-order chi connectivity index (χ1) is 10.2. The maximum atomic E-state index is 5.97. The Morgan fingerprint density at radius 1 is 1.14 bits per heavy atom. The normalized spacial score (nSPS) is 18.0. The summed E-state index contributed by atoms with van der Waals surface area (Å²) in [5.41, 5.74) is 10.4. The summed E-state index contributed by atoms with van der Waals surface area (Å²) < 4.78 is 0. The van der Waals surface area contributed by atoms with Crippen molar-refractivity contribution in [2.75, 3.05) is 11.6 Å². The van der Waals surface area contributed by atoms with Crippen LogP contribution in [0.1, 0.15) is 23.6 Å². The molecular formula is C17H18ClN3. The summed E-state index contributed by atoms with van der Waals surface area (Å²) in [4.78, 5) is 0. The Hall–Kier alpha value is -1.84. The van der Waals surface area contributed by atoms with Crippen molar-refractivity contribution in [2.45, 2.75) is 19.4 Å². The van der Waals surface area contributed by atoms with Gasteiger partial charge in [0.1, 0.15) is 0 Å². The molecule has 21 heavy (non-hydrogen) atoms. The minimum atomic E-state index is 0.199. The molecule has 4 heteroatoms. The van der Waals surface area contributed by atoms with Gasteiger partial charge in [0.15, 0.2) is 0 Å². The molecule has 0 radical (unpaired) electrons.